The highest BCUT2D eigenvalue weighted by Gasteiger charge is 2.32. The van der Waals surface area contributed by atoms with E-state index in [1.807, 2.05) is 82.3 Å². The average molecular weight is 761 g/mol. The maximum atomic E-state index is 14.2. The molecule has 4 rings (SSSR count). The van der Waals surface area contributed by atoms with Gasteiger partial charge in [0, 0.05) is 29.8 Å². The number of amides is 4. The first-order chi connectivity index (χ1) is 26.0. The minimum Gasteiger partial charge on any atom is -0.445 e. The Morgan fingerprint density at radius 3 is 2.26 bits per heavy atom. The number of ether oxygens (including phenoxy) is 1. The summed E-state index contributed by atoms with van der Waals surface area (Å²) in [5.74, 6) is -1.61. The minimum absolute atomic E-state index is 0.00999. The van der Waals surface area contributed by atoms with Crippen LogP contribution in [0.5, 0.6) is 0 Å². The highest BCUT2D eigenvalue weighted by atomic mass is 32.1. The number of benzene rings is 2. The van der Waals surface area contributed by atoms with Crippen molar-refractivity contribution >= 4 is 46.1 Å². The smallest absolute Gasteiger partial charge is 0.408 e. The average Bonchev–Trinajstić information content (AvgIpc) is 3.68. The molecule has 0 aliphatic heterocycles. The Kier molecular flexibility index (Phi) is 16.3. The van der Waals surface area contributed by atoms with Crippen LogP contribution in [-0.2, 0) is 38.6 Å². The van der Waals surface area contributed by atoms with Crippen molar-refractivity contribution in [3.8, 4) is 0 Å². The molecule has 54 heavy (non-hydrogen) atoms. The van der Waals surface area contributed by atoms with E-state index in [9.17, 15) is 29.4 Å². The number of hydrogen-bond donors (Lipinski definition) is 6. The Morgan fingerprint density at radius 2 is 1.57 bits per heavy atom. The van der Waals surface area contributed by atoms with E-state index >= 15 is 0 Å². The zero-order valence-electron chi connectivity index (χ0n) is 31.2. The lowest BCUT2D eigenvalue weighted by molar-refractivity contribution is -0.131. The van der Waals surface area contributed by atoms with Gasteiger partial charge in [0.15, 0.2) is 0 Å². The van der Waals surface area contributed by atoms with Crippen LogP contribution in [0.1, 0.15) is 63.8 Å². The Balaban J connectivity index is 1.55. The summed E-state index contributed by atoms with van der Waals surface area (Å²) >= 11 is 1.34. The van der Waals surface area contributed by atoms with Crippen molar-refractivity contribution in [3.63, 3.8) is 0 Å². The number of rotatable bonds is 20. The van der Waals surface area contributed by atoms with Crippen LogP contribution in [0.4, 0.5) is 4.79 Å². The third-order valence-corrected chi connectivity index (χ3v) is 9.93. The number of thiazole rings is 1. The third-order valence-electron chi connectivity index (χ3n) is 9.30. The molecule has 3 unspecified atom stereocenters. The number of nitrogens with one attached hydrogen (secondary N) is 4. The van der Waals surface area contributed by atoms with Gasteiger partial charge in [-0.25, -0.2) is 9.78 Å². The topological polar surface area (TPSA) is 192 Å². The molecule has 0 aliphatic rings. The molecule has 2 aromatic heterocycles. The lowest BCUT2D eigenvalue weighted by atomic mass is 9.95. The Hall–Kier alpha value is -4.92. The molecule has 0 bridgehead atoms. The molecule has 4 amide bonds. The number of aliphatic hydroxyl groups excluding tert-OH is 2. The Bertz CT molecular complexity index is 1790. The fourth-order valence-corrected chi connectivity index (χ4v) is 6.64. The van der Waals surface area contributed by atoms with Crippen LogP contribution in [0.3, 0.4) is 0 Å². The summed E-state index contributed by atoms with van der Waals surface area (Å²) in [6, 6.07) is 14.7. The molecule has 0 saturated carbocycles. The lowest BCUT2D eigenvalue weighted by Gasteiger charge is -2.29. The molecule has 2 heterocycles. The largest absolute Gasteiger partial charge is 0.445 e. The van der Waals surface area contributed by atoms with Gasteiger partial charge in [-0.2, -0.15) is 0 Å². The van der Waals surface area contributed by atoms with Crippen LogP contribution >= 0.6 is 11.3 Å². The van der Waals surface area contributed by atoms with E-state index in [0.717, 1.165) is 28.5 Å². The summed E-state index contributed by atoms with van der Waals surface area (Å²) in [7, 11) is 0. The summed E-state index contributed by atoms with van der Waals surface area (Å²) in [6.07, 6.45) is 0.495. The normalized spacial score (nSPS) is 14.6. The summed E-state index contributed by atoms with van der Waals surface area (Å²) < 4.78 is 5.46. The molecule has 13 nitrogen and oxygen atoms in total. The van der Waals surface area contributed by atoms with E-state index in [0.29, 0.717) is 12.1 Å². The lowest BCUT2D eigenvalue weighted by Crippen LogP contribution is -2.57. The van der Waals surface area contributed by atoms with Crippen LogP contribution < -0.4 is 21.3 Å². The molecule has 290 valence electrons. The van der Waals surface area contributed by atoms with E-state index in [4.69, 9.17) is 4.74 Å². The number of hydrogen-bond acceptors (Lipinski definition) is 10. The van der Waals surface area contributed by atoms with Crippen LogP contribution in [-0.4, -0.2) is 80.9 Å². The number of carbonyl (C=O) groups excluding carboxylic acids is 4. The first-order valence-electron chi connectivity index (χ1n) is 18.3. The van der Waals surface area contributed by atoms with Crippen molar-refractivity contribution in [3.05, 3.63) is 94.6 Å². The summed E-state index contributed by atoms with van der Waals surface area (Å²) in [5, 5.41) is 34.8. The van der Waals surface area contributed by atoms with E-state index in [1.54, 1.807) is 23.2 Å². The van der Waals surface area contributed by atoms with Crippen molar-refractivity contribution in [2.75, 3.05) is 6.61 Å². The number of pyridine rings is 1. The van der Waals surface area contributed by atoms with E-state index in [1.165, 1.54) is 11.3 Å². The second-order valence-electron chi connectivity index (χ2n) is 14.0. The molecule has 6 atom stereocenters. The van der Waals surface area contributed by atoms with Gasteiger partial charge in [0.1, 0.15) is 18.7 Å². The second kappa shape index (κ2) is 21.1. The quantitative estimate of drug-likeness (QED) is 0.0771. The molecule has 0 radical (unpaired) electrons. The van der Waals surface area contributed by atoms with Crippen LogP contribution in [0.25, 0.3) is 10.9 Å². The predicted molar refractivity (Wildman–Crippen MR) is 207 cm³/mol. The highest BCUT2D eigenvalue weighted by Crippen LogP contribution is 2.19. The monoisotopic (exact) mass is 760 g/mol. The third kappa shape index (κ3) is 12.9. The molecule has 0 aliphatic carbocycles. The van der Waals surface area contributed by atoms with Crippen LogP contribution in [0.2, 0.25) is 0 Å². The fraction of sp³-hybridized carbons (Fsp3) is 0.450. The van der Waals surface area contributed by atoms with Gasteiger partial charge in [-0.05, 0) is 41.5 Å². The SMILES string of the molecule is CCC(C)[C@@H](CO)NC(=O)CC(O)C(CC(C)C)NC(=O)[C@H](Cc1cscn1)NC(=O)[C@H](Cc1cccc2ncccc12)NC(=O)OCc1ccccc1. The van der Waals surface area contributed by atoms with Gasteiger partial charge in [0.2, 0.25) is 17.7 Å². The molecule has 14 heteroatoms. The van der Waals surface area contributed by atoms with Gasteiger partial charge in [-0.3, -0.25) is 19.4 Å². The van der Waals surface area contributed by atoms with Gasteiger partial charge in [-0.15, -0.1) is 11.3 Å². The molecular formula is C40H52N6O7S. The number of nitrogens with zero attached hydrogens (tertiary/aromatic N) is 2. The summed E-state index contributed by atoms with van der Waals surface area (Å²) in [5.41, 5.74) is 4.42. The minimum atomic E-state index is -1.25. The summed E-state index contributed by atoms with van der Waals surface area (Å²) in [6.45, 7) is 7.49. The fourth-order valence-electron chi connectivity index (χ4n) is 6.06. The Morgan fingerprint density at radius 1 is 0.833 bits per heavy atom. The molecule has 2 aromatic carbocycles. The van der Waals surface area contributed by atoms with Gasteiger partial charge in [0.25, 0.3) is 0 Å². The van der Waals surface area contributed by atoms with Gasteiger partial charge in [-0.1, -0.05) is 82.6 Å². The first kappa shape index (κ1) is 41.8. The number of fused-ring (bicyclic) bond motifs is 1. The van der Waals surface area contributed by atoms with Crippen molar-refractivity contribution < 1.29 is 34.1 Å². The molecular weight excluding hydrogens is 709 g/mol. The van der Waals surface area contributed by atoms with E-state index in [-0.39, 0.29) is 44.3 Å². The number of aromatic nitrogens is 2. The van der Waals surface area contributed by atoms with Crippen molar-refractivity contribution in [1.82, 2.24) is 31.2 Å². The molecule has 0 fully saturated rings. The maximum Gasteiger partial charge on any atom is 0.408 e. The van der Waals surface area contributed by atoms with E-state index in [2.05, 4.69) is 31.2 Å². The highest BCUT2D eigenvalue weighted by molar-refractivity contribution is 7.07. The van der Waals surface area contributed by atoms with Gasteiger partial charge >= 0.3 is 6.09 Å². The second-order valence-corrected chi connectivity index (χ2v) is 14.7. The number of alkyl carbamates (subject to hydrolysis) is 1. The predicted octanol–water partition coefficient (Wildman–Crippen LogP) is 4.06. The van der Waals surface area contributed by atoms with Gasteiger partial charge < -0.3 is 36.2 Å². The maximum absolute atomic E-state index is 14.2. The zero-order chi connectivity index (χ0) is 39.0. The number of carbonyl (C=O) groups is 4. The van der Waals surface area contributed by atoms with Crippen molar-refractivity contribution in [2.45, 2.75) is 96.7 Å². The summed E-state index contributed by atoms with van der Waals surface area (Å²) in [4.78, 5) is 63.0. The standard InChI is InChI=1S/C40H52N6O7S/c1-5-26(4)35(21-47)43-37(49)20-36(48)32(17-25(2)3)44-39(51)34(19-29-23-54-24-42-29)45-38(50)33(46-40(52)53-22-27-11-7-6-8-12-27)18-28-13-9-15-31-30(28)14-10-16-41-31/h6-16,23-26,32-36,47-48H,5,17-22H2,1-4H3,(H,43,49)(H,44,51)(H,45,50)(H,46,52)/t26?,32?,33-,34-,35+,36?/m0/s1. The zero-order valence-corrected chi connectivity index (χ0v) is 32.1. The first-order valence-corrected chi connectivity index (χ1v) is 19.3. The van der Waals surface area contributed by atoms with Gasteiger partial charge in [0.05, 0.1) is 47.9 Å². The van der Waals surface area contributed by atoms with Crippen LogP contribution in [0.15, 0.2) is 77.8 Å². The molecule has 4 aromatic rings. The van der Waals surface area contributed by atoms with E-state index < -0.39 is 54.1 Å². The van der Waals surface area contributed by atoms with Crippen molar-refractivity contribution in [2.24, 2.45) is 11.8 Å². The molecule has 0 spiro atoms. The van der Waals surface area contributed by atoms with Crippen LogP contribution in [0, 0.1) is 11.8 Å². The Labute approximate surface area is 320 Å². The number of aliphatic hydroxyl groups is 2. The van der Waals surface area contributed by atoms with Crippen molar-refractivity contribution in [1.29, 1.82) is 0 Å². The molecule has 6 N–H and O–H groups in total. The molecule has 0 saturated heterocycles.